The van der Waals surface area contributed by atoms with Gasteiger partial charge >= 0.3 is 11.9 Å². The lowest BCUT2D eigenvalue weighted by Crippen LogP contribution is -2.73. The standard InChI is InChI=1S/C32H40Cl2N2O5/c1-21(2)19-36(5)14-13-31(25-7-6-8-27(17-25)40-22(3)37)18-26(11-12-32(31,20-36)41-23(4)38)35-30(39)16-24-9-10-28(33)29(34)15-24/h6-10,15,17,21,26H,11-14,16,18-20H2,1-5H3/p+1/t26-,31-,32?,36+/m1/s1. The molecule has 4 atom stereocenters. The van der Waals surface area contributed by atoms with Crippen LogP contribution in [0.2, 0.25) is 10.0 Å². The number of hydrogen-bond donors (Lipinski definition) is 1. The molecule has 0 bridgehead atoms. The van der Waals surface area contributed by atoms with Crippen molar-refractivity contribution in [2.75, 3.05) is 26.7 Å². The second-order valence-corrected chi connectivity index (χ2v) is 13.4. The number of carbonyl (C=O) groups is 3. The molecular formula is C32H41Cl2N2O5+. The Morgan fingerprint density at radius 3 is 2.46 bits per heavy atom. The molecule has 9 heteroatoms. The van der Waals surface area contributed by atoms with Crippen LogP contribution in [0.3, 0.4) is 0 Å². The number of quaternary nitrogens is 1. The average Bonchev–Trinajstić information content (AvgIpc) is 2.85. The number of fused-ring (bicyclic) bond motifs is 1. The maximum atomic E-state index is 13.2. The molecule has 1 N–H and O–H groups in total. The van der Waals surface area contributed by atoms with Crippen LogP contribution in [-0.4, -0.2) is 60.7 Å². The smallest absolute Gasteiger partial charge is 0.308 e. The summed E-state index contributed by atoms with van der Waals surface area (Å²) in [7, 11) is 2.25. The first-order valence-electron chi connectivity index (χ1n) is 14.3. The highest BCUT2D eigenvalue weighted by molar-refractivity contribution is 6.42. The zero-order chi connectivity index (χ0) is 30.0. The minimum Gasteiger partial charge on any atom is -0.452 e. The molecule has 2 aromatic carbocycles. The number of likely N-dealkylation sites (tertiary alicyclic amines) is 1. The molecule has 1 aliphatic heterocycles. The van der Waals surface area contributed by atoms with E-state index in [1.807, 2.05) is 18.2 Å². The number of ether oxygens (including phenoxy) is 2. The van der Waals surface area contributed by atoms with Gasteiger partial charge in [-0.05, 0) is 54.7 Å². The van der Waals surface area contributed by atoms with Crippen LogP contribution in [0, 0.1) is 5.92 Å². The quantitative estimate of drug-likeness (QED) is 0.232. The summed E-state index contributed by atoms with van der Waals surface area (Å²) < 4.78 is 12.7. The van der Waals surface area contributed by atoms with Crippen molar-refractivity contribution in [2.24, 2.45) is 5.92 Å². The van der Waals surface area contributed by atoms with Gasteiger partial charge in [-0.25, -0.2) is 0 Å². The SMILES string of the molecule is CC(=O)Oc1cccc([C@]23CC[N@@+](C)(CC(C)C)CC2(OC(C)=O)CC[C@@H](NC(=O)Cc2ccc(Cl)c(Cl)c2)C3)c1. The predicted molar refractivity (Wildman–Crippen MR) is 160 cm³/mol. The molecule has 1 unspecified atom stereocenters. The van der Waals surface area contributed by atoms with Crippen LogP contribution >= 0.6 is 23.2 Å². The molecule has 4 rings (SSSR count). The van der Waals surface area contributed by atoms with Crippen molar-refractivity contribution in [3.8, 4) is 5.75 Å². The van der Waals surface area contributed by atoms with Crippen molar-refractivity contribution >= 4 is 41.0 Å². The number of amides is 1. The van der Waals surface area contributed by atoms with Crippen LogP contribution in [0.4, 0.5) is 0 Å². The molecule has 2 aromatic rings. The molecule has 1 saturated heterocycles. The van der Waals surface area contributed by atoms with Crippen molar-refractivity contribution in [3.63, 3.8) is 0 Å². The second kappa shape index (κ2) is 12.3. The molecule has 2 fully saturated rings. The third-order valence-corrected chi connectivity index (χ3v) is 9.33. The predicted octanol–water partition coefficient (Wildman–Crippen LogP) is 5.88. The van der Waals surface area contributed by atoms with Gasteiger partial charge in [0.1, 0.15) is 12.3 Å². The van der Waals surface area contributed by atoms with Gasteiger partial charge in [0.25, 0.3) is 0 Å². The Balaban J connectivity index is 1.70. The van der Waals surface area contributed by atoms with E-state index >= 15 is 0 Å². The largest absolute Gasteiger partial charge is 0.452 e. The Kier molecular flexibility index (Phi) is 9.42. The Bertz CT molecular complexity index is 1320. The Morgan fingerprint density at radius 2 is 1.80 bits per heavy atom. The maximum absolute atomic E-state index is 13.2. The molecule has 1 amide bonds. The van der Waals surface area contributed by atoms with E-state index in [9.17, 15) is 14.4 Å². The van der Waals surface area contributed by atoms with E-state index in [0.717, 1.165) is 35.1 Å². The van der Waals surface area contributed by atoms with Gasteiger partial charge in [-0.15, -0.1) is 0 Å². The summed E-state index contributed by atoms with van der Waals surface area (Å²) in [6.07, 6.45) is 2.81. The maximum Gasteiger partial charge on any atom is 0.308 e. The summed E-state index contributed by atoms with van der Waals surface area (Å²) in [4.78, 5) is 37.7. The highest BCUT2D eigenvalue weighted by atomic mass is 35.5. The number of benzene rings is 2. The molecule has 0 spiro atoms. The zero-order valence-electron chi connectivity index (χ0n) is 24.6. The van der Waals surface area contributed by atoms with Gasteiger partial charge in [0.2, 0.25) is 5.91 Å². The monoisotopic (exact) mass is 603 g/mol. The molecule has 7 nitrogen and oxygen atoms in total. The third-order valence-electron chi connectivity index (χ3n) is 8.59. The number of rotatable bonds is 8. The third kappa shape index (κ3) is 7.07. The van der Waals surface area contributed by atoms with Gasteiger partial charge in [0.05, 0.1) is 36.6 Å². The first-order chi connectivity index (χ1) is 19.2. The normalized spacial score (nSPS) is 27.6. The summed E-state index contributed by atoms with van der Waals surface area (Å²) in [5.41, 5.74) is 0.381. The van der Waals surface area contributed by atoms with Crippen LogP contribution in [0.25, 0.3) is 0 Å². The van der Waals surface area contributed by atoms with E-state index in [1.54, 1.807) is 24.3 Å². The summed E-state index contributed by atoms with van der Waals surface area (Å²) in [6.45, 7) is 9.82. The van der Waals surface area contributed by atoms with E-state index in [2.05, 4.69) is 26.2 Å². The number of likely N-dealkylation sites (N-methyl/N-ethyl adjacent to an activating group) is 1. The molecule has 1 saturated carbocycles. The lowest BCUT2D eigenvalue weighted by Gasteiger charge is -2.61. The summed E-state index contributed by atoms with van der Waals surface area (Å²) >= 11 is 12.2. The van der Waals surface area contributed by atoms with E-state index in [-0.39, 0.29) is 24.3 Å². The highest BCUT2D eigenvalue weighted by Crippen LogP contribution is 2.55. The fraction of sp³-hybridized carbons (Fsp3) is 0.531. The van der Waals surface area contributed by atoms with Crippen molar-refractivity contribution in [1.82, 2.24) is 5.32 Å². The fourth-order valence-electron chi connectivity index (χ4n) is 7.35. The number of nitrogens with one attached hydrogen (secondary N) is 1. The van der Waals surface area contributed by atoms with Gasteiger partial charge in [-0.2, -0.15) is 0 Å². The first-order valence-corrected chi connectivity index (χ1v) is 15.1. The Hall–Kier alpha value is -2.61. The van der Waals surface area contributed by atoms with Crippen LogP contribution < -0.4 is 10.1 Å². The number of esters is 2. The highest BCUT2D eigenvalue weighted by Gasteiger charge is 2.64. The average molecular weight is 605 g/mol. The zero-order valence-corrected chi connectivity index (χ0v) is 26.1. The van der Waals surface area contributed by atoms with E-state index in [4.69, 9.17) is 32.7 Å². The Morgan fingerprint density at radius 1 is 1.05 bits per heavy atom. The molecule has 222 valence electrons. The van der Waals surface area contributed by atoms with Crippen molar-refractivity contribution in [2.45, 2.75) is 76.9 Å². The van der Waals surface area contributed by atoms with Gasteiger partial charge in [0.15, 0.2) is 5.60 Å². The van der Waals surface area contributed by atoms with Crippen LogP contribution in [0.1, 0.15) is 64.5 Å². The number of piperidine rings is 1. The summed E-state index contributed by atoms with van der Waals surface area (Å²) in [5.74, 6) is 0.119. The topological polar surface area (TPSA) is 81.7 Å². The van der Waals surface area contributed by atoms with Crippen LogP contribution in [0.5, 0.6) is 5.75 Å². The molecular weight excluding hydrogens is 563 g/mol. The van der Waals surface area contributed by atoms with E-state index in [1.165, 1.54) is 13.8 Å². The molecule has 0 aromatic heterocycles. The van der Waals surface area contributed by atoms with Crippen molar-refractivity contribution in [3.05, 3.63) is 63.6 Å². The minimum atomic E-state index is -0.777. The second-order valence-electron chi connectivity index (χ2n) is 12.6. The van der Waals surface area contributed by atoms with Gasteiger partial charge < -0.3 is 19.3 Å². The number of halogens is 2. The van der Waals surface area contributed by atoms with E-state index < -0.39 is 17.0 Å². The van der Waals surface area contributed by atoms with Crippen LogP contribution in [-0.2, 0) is 31.0 Å². The number of nitrogens with zero attached hydrogens (tertiary/aromatic N) is 1. The van der Waals surface area contributed by atoms with Crippen molar-refractivity contribution in [1.29, 1.82) is 0 Å². The molecule has 0 radical (unpaired) electrons. The van der Waals surface area contributed by atoms with E-state index in [0.29, 0.717) is 47.5 Å². The number of hydrogen-bond acceptors (Lipinski definition) is 5. The fourth-order valence-corrected chi connectivity index (χ4v) is 7.67. The lowest BCUT2D eigenvalue weighted by atomic mass is 9.54. The first kappa shape index (κ1) is 31.3. The van der Waals surface area contributed by atoms with Gasteiger partial charge in [-0.1, -0.05) is 55.2 Å². The van der Waals surface area contributed by atoms with Crippen LogP contribution in [0.15, 0.2) is 42.5 Å². The van der Waals surface area contributed by atoms with Gasteiger partial charge in [-0.3, -0.25) is 14.4 Å². The molecule has 1 aliphatic carbocycles. The summed E-state index contributed by atoms with van der Waals surface area (Å²) in [6, 6.07) is 12.7. The molecule has 41 heavy (non-hydrogen) atoms. The lowest BCUT2D eigenvalue weighted by molar-refractivity contribution is -0.925. The number of carbonyl (C=O) groups excluding carboxylic acids is 3. The van der Waals surface area contributed by atoms with Crippen molar-refractivity contribution < 1.29 is 28.3 Å². The van der Waals surface area contributed by atoms with Gasteiger partial charge in [0, 0.05) is 37.6 Å². The Labute approximate surface area is 253 Å². The molecule has 1 heterocycles. The summed E-state index contributed by atoms with van der Waals surface area (Å²) in [5, 5.41) is 4.11. The molecule has 2 aliphatic rings. The minimum absolute atomic E-state index is 0.103.